The van der Waals surface area contributed by atoms with Gasteiger partial charge in [-0.05, 0) is 56.0 Å². The largest absolute Gasteiger partial charge is 0.453 e. The van der Waals surface area contributed by atoms with Crippen molar-refractivity contribution in [3.63, 3.8) is 0 Å². The fraction of sp³-hybridized carbons (Fsp3) is 0.280. The Balaban J connectivity index is 1.79. The van der Waals surface area contributed by atoms with Crippen LogP contribution in [-0.2, 0) is 0 Å². The van der Waals surface area contributed by atoms with E-state index in [1.807, 2.05) is 66.9 Å². The van der Waals surface area contributed by atoms with Gasteiger partial charge < -0.3 is 15.5 Å². The third-order valence-corrected chi connectivity index (χ3v) is 7.00. The van der Waals surface area contributed by atoms with Gasteiger partial charge in [0.05, 0.1) is 17.1 Å². The Morgan fingerprint density at radius 1 is 1.09 bits per heavy atom. The van der Waals surface area contributed by atoms with Crippen molar-refractivity contribution in [1.82, 2.24) is 4.98 Å². The zero-order chi connectivity index (χ0) is 22.3. The zero-order valence-electron chi connectivity index (χ0n) is 18.1. The van der Waals surface area contributed by atoms with E-state index in [1.165, 1.54) is 18.4 Å². The number of anilines is 1. The van der Waals surface area contributed by atoms with E-state index in [0.717, 1.165) is 52.7 Å². The van der Waals surface area contributed by atoms with Crippen LogP contribution in [0.15, 0.2) is 70.6 Å². The lowest BCUT2D eigenvalue weighted by atomic mass is 9.84. The van der Waals surface area contributed by atoms with Gasteiger partial charge >= 0.3 is 0 Å². The number of benzene rings is 2. The van der Waals surface area contributed by atoms with E-state index in [0.29, 0.717) is 17.2 Å². The molecule has 3 aromatic rings. The summed E-state index contributed by atoms with van der Waals surface area (Å²) < 4.78 is 6.44. The highest BCUT2D eigenvalue weighted by Crippen LogP contribution is 2.33. The minimum Gasteiger partial charge on any atom is -0.453 e. The van der Waals surface area contributed by atoms with Crippen LogP contribution in [0.4, 0.5) is 5.13 Å². The van der Waals surface area contributed by atoms with Gasteiger partial charge in [-0.25, -0.2) is 4.98 Å². The van der Waals surface area contributed by atoms with E-state index in [4.69, 9.17) is 15.3 Å². The number of nitrogens with two attached hydrogens (primary N) is 1. The van der Waals surface area contributed by atoms with Crippen LogP contribution in [0, 0.1) is 18.3 Å². The van der Waals surface area contributed by atoms with Crippen LogP contribution in [0.25, 0.3) is 5.70 Å². The topological polar surface area (TPSA) is 84.0 Å². The van der Waals surface area contributed by atoms with Gasteiger partial charge in [-0.3, -0.25) is 5.14 Å². The van der Waals surface area contributed by atoms with Gasteiger partial charge in [0.15, 0.2) is 10.9 Å². The molecule has 1 saturated carbocycles. The summed E-state index contributed by atoms with van der Waals surface area (Å²) in [4.78, 5) is 5.55. The first-order valence-electron chi connectivity index (χ1n) is 10.9. The number of nitrogens with one attached hydrogen (secondary N) is 2. The molecule has 0 amide bonds. The summed E-state index contributed by atoms with van der Waals surface area (Å²) in [6.45, 7) is 1.98. The molecule has 0 unspecified atom stereocenters. The highest BCUT2D eigenvalue weighted by atomic mass is 32.2. The summed E-state index contributed by atoms with van der Waals surface area (Å²) in [5.41, 5.74) is 3.24. The maximum Gasteiger partial charge on any atom is 0.187 e. The Morgan fingerprint density at radius 2 is 1.81 bits per heavy atom. The van der Waals surface area contributed by atoms with Gasteiger partial charge in [-0.1, -0.05) is 49.6 Å². The number of ether oxygens (including phenoxy) is 1. The van der Waals surface area contributed by atoms with E-state index in [2.05, 4.69) is 10.3 Å². The maximum absolute atomic E-state index is 9.15. The van der Waals surface area contributed by atoms with Crippen LogP contribution in [-0.4, -0.2) is 10.7 Å². The molecule has 5 nitrogen and oxygen atoms in total. The smallest absolute Gasteiger partial charge is 0.187 e. The Bertz CT molecular complexity index is 1070. The fourth-order valence-electron chi connectivity index (χ4n) is 3.90. The molecule has 2 aromatic carbocycles. The highest BCUT2D eigenvalue weighted by Gasteiger charge is 2.26. The molecule has 0 aliphatic heterocycles. The second kappa shape index (κ2) is 10.8. The molecule has 1 aliphatic rings. The molecule has 32 heavy (non-hydrogen) atoms. The number of aryl methyl sites for hydroxylation is 1. The summed E-state index contributed by atoms with van der Waals surface area (Å²) in [7, 11) is 0. The molecule has 4 N–H and O–H groups in total. The highest BCUT2D eigenvalue weighted by molar-refractivity contribution is 7.97. The van der Waals surface area contributed by atoms with Crippen LogP contribution < -0.4 is 15.2 Å². The van der Waals surface area contributed by atoms with Crippen LogP contribution in [0.3, 0.4) is 0 Å². The van der Waals surface area contributed by atoms with E-state index in [9.17, 15) is 0 Å². The van der Waals surface area contributed by atoms with Crippen molar-refractivity contribution in [2.24, 2.45) is 11.1 Å². The molecular formula is C25H28N4OS2. The molecule has 0 spiro atoms. The minimum absolute atomic E-state index is 0.191. The monoisotopic (exact) mass is 464 g/mol. The normalized spacial score (nSPS) is 15.2. The number of thiazole rings is 1. The van der Waals surface area contributed by atoms with Crippen LogP contribution in [0.1, 0.15) is 43.4 Å². The summed E-state index contributed by atoms with van der Waals surface area (Å²) in [5.74, 6) is 1.43. The second-order valence-electron chi connectivity index (χ2n) is 7.93. The number of aromatic nitrogens is 1. The number of allylic oxidation sites excluding steroid dienone is 1. The van der Waals surface area contributed by atoms with Crippen molar-refractivity contribution in [1.29, 1.82) is 5.41 Å². The lowest BCUT2D eigenvalue weighted by Crippen LogP contribution is -2.24. The summed E-state index contributed by atoms with van der Waals surface area (Å²) >= 11 is 2.75. The van der Waals surface area contributed by atoms with Gasteiger partial charge in [-0.2, -0.15) is 0 Å². The van der Waals surface area contributed by atoms with Crippen molar-refractivity contribution in [2.45, 2.75) is 43.9 Å². The average Bonchev–Trinajstić information content (AvgIpc) is 3.27. The van der Waals surface area contributed by atoms with Crippen LogP contribution in [0.5, 0.6) is 5.75 Å². The summed E-state index contributed by atoms with van der Waals surface area (Å²) in [6.07, 6.45) is 5.59. The van der Waals surface area contributed by atoms with Crippen molar-refractivity contribution in [3.8, 4) is 5.75 Å². The fourth-order valence-corrected chi connectivity index (χ4v) is 4.89. The summed E-state index contributed by atoms with van der Waals surface area (Å²) in [6, 6.07) is 17.7. The van der Waals surface area contributed by atoms with Crippen LogP contribution >= 0.6 is 23.3 Å². The van der Waals surface area contributed by atoms with Gasteiger partial charge in [0, 0.05) is 21.8 Å². The summed E-state index contributed by atoms with van der Waals surface area (Å²) in [5, 5.41) is 21.1. The Morgan fingerprint density at radius 3 is 2.44 bits per heavy atom. The third-order valence-electron chi connectivity index (χ3n) is 5.58. The average molecular weight is 465 g/mol. The van der Waals surface area contributed by atoms with Crippen molar-refractivity contribution < 1.29 is 4.74 Å². The van der Waals surface area contributed by atoms with E-state index in [1.54, 1.807) is 11.3 Å². The molecule has 0 radical (unpaired) electrons. The number of nitrogens with zero attached hydrogens (tertiary/aromatic N) is 1. The zero-order valence-corrected chi connectivity index (χ0v) is 19.8. The molecule has 166 valence electrons. The van der Waals surface area contributed by atoms with Crippen molar-refractivity contribution in [3.05, 3.63) is 77.0 Å². The molecule has 0 atom stereocenters. The van der Waals surface area contributed by atoms with Crippen molar-refractivity contribution >= 4 is 39.8 Å². The quantitative estimate of drug-likeness (QED) is 0.192. The molecule has 1 aliphatic carbocycles. The van der Waals surface area contributed by atoms with Gasteiger partial charge in [0.2, 0.25) is 0 Å². The maximum atomic E-state index is 9.15. The van der Waals surface area contributed by atoms with Crippen LogP contribution in [0.2, 0.25) is 0 Å². The van der Waals surface area contributed by atoms with Gasteiger partial charge in [-0.15, -0.1) is 11.3 Å². The van der Waals surface area contributed by atoms with Gasteiger partial charge in [0.1, 0.15) is 5.75 Å². The molecule has 4 rings (SSSR count). The second-order valence-corrected chi connectivity index (χ2v) is 9.49. The molecule has 1 fully saturated rings. The van der Waals surface area contributed by atoms with E-state index >= 15 is 0 Å². The minimum atomic E-state index is 0.191. The SMILES string of the molecule is Cc1csc(N/C(=C(/Oc2ccc(SN)cc2)C(=N)C2CCCCC2)c2ccccc2)n1. The lowest BCUT2D eigenvalue weighted by Gasteiger charge is -2.26. The van der Waals surface area contributed by atoms with Gasteiger partial charge in [0.25, 0.3) is 0 Å². The first-order chi connectivity index (χ1) is 15.6. The first kappa shape index (κ1) is 22.6. The van der Waals surface area contributed by atoms with Crippen molar-refractivity contribution in [2.75, 3.05) is 5.32 Å². The Hall–Kier alpha value is -2.61. The first-order valence-corrected chi connectivity index (χ1v) is 12.6. The van der Waals surface area contributed by atoms with E-state index < -0.39 is 0 Å². The molecule has 1 aromatic heterocycles. The number of hydrogen-bond acceptors (Lipinski definition) is 7. The molecule has 0 saturated heterocycles. The van der Waals surface area contributed by atoms with E-state index in [-0.39, 0.29) is 5.92 Å². The molecule has 1 heterocycles. The number of rotatable bonds is 8. The standard InChI is InChI=1S/C25H28N4OS2/c1-17-16-31-25(28-17)29-23(19-10-6-3-7-11-19)24(22(26)18-8-4-2-5-9-18)30-20-12-14-21(32-27)15-13-20/h3,6-7,10-16,18,26H,2,4-5,8-9,27H2,1H3,(H,28,29)/b24-23+,26-22?. The molecule has 0 bridgehead atoms. The molecule has 7 heteroatoms. The third kappa shape index (κ3) is 5.59. The predicted molar refractivity (Wildman–Crippen MR) is 135 cm³/mol. The Labute approximate surface area is 197 Å². The number of hydrogen-bond donors (Lipinski definition) is 3. The Kier molecular flexibility index (Phi) is 7.63. The predicted octanol–water partition coefficient (Wildman–Crippen LogP) is 6.88. The molecular weight excluding hydrogens is 436 g/mol. The lowest BCUT2D eigenvalue weighted by molar-refractivity contribution is 0.410.